The number of nitrogens with zero attached hydrogens (tertiary/aromatic N) is 2. The van der Waals surface area contributed by atoms with E-state index in [1.165, 1.54) is 0 Å². The summed E-state index contributed by atoms with van der Waals surface area (Å²) >= 11 is 0. The molecule has 0 saturated heterocycles. The van der Waals surface area contributed by atoms with Crippen LogP contribution in [-0.2, 0) is 4.79 Å². The number of aliphatic carboxylic acids is 1. The van der Waals surface area contributed by atoms with E-state index < -0.39 is 12.0 Å². The Morgan fingerprint density at radius 3 is 2.73 bits per heavy atom. The monoisotopic (exact) mass is 209 g/mol. The van der Waals surface area contributed by atoms with Crippen LogP contribution in [0.1, 0.15) is 25.5 Å². The van der Waals surface area contributed by atoms with Gasteiger partial charge in [0.1, 0.15) is 11.9 Å². The number of carboxylic acid groups (broad SMARTS) is 1. The summed E-state index contributed by atoms with van der Waals surface area (Å²) in [5, 5.41) is 11.8. The molecule has 5 nitrogen and oxygen atoms in total. The van der Waals surface area contributed by atoms with E-state index in [-0.39, 0.29) is 0 Å². The van der Waals surface area contributed by atoms with Gasteiger partial charge in [0.25, 0.3) is 0 Å². The van der Waals surface area contributed by atoms with Gasteiger partial charge in [-0.3, -0.25) is 4.98 Å². The smallest absolute Gasteiger partial charge is 0.326 e. The van der Waals surface area contributed by atoms with E-state index in [0.29, 0.717) is 17.9 Å². The maximum Gasteiger partial charge on any atom is 0.326 e. The van der Waals surface area contributed by atoms with Crippen LogP contribution in [0.5, 0.6) is 0 Å². The van der Waals surface area contributed by atoms with E-state index in [2.05, 4.69) is 15.3 Å². The molecule has 0 aliphatic rings. The fourth-order valence-corrected chi connectivity index (χ4v) is 1.26. The number of nitrogens with one attached hydrogen (secondary N) is 1. The molecule has 1 atom stereocenters. The second kappa shape index (κ2) is 5.29. The minimum Gasteiger partial charge on any atom is -0.480 e. The summed E-state index contributed by atoms with van der Waals surface area (Å²) in [6.07, 6.45) is 4.50. The highest BCUT2D eigenvalue weighted by molar-refractivity contribution is 5.76. The number of aromatic nitrogens is 2. The molecule has 0 fully saturated rings. The van der Waals surface area contributed by atoms with Crippen LogP contribution >= 0.6 is 0 Å². The molecule has 0 aliphatic carbocycles. The summed E-state index contributed by atoms with van der Waals surface area (Å²) in [7, 11) is 0. The molecule has 0 aliphatic heterocycles. The average molecular weight is 209 g/mol. The Balaban J connectivity index is 2.74. The SMILES string of the molecule is CCCC(Nc1nccnc1C)C(=O)O. The van der Waals surface area contributed by atoms with E-state index in [0.717, 1.165) is 6.42 Å². The van der Waals surface area contributed by atoms with Crippen molar-refractivity contribution in [1.29, 1.82) is 0 Å². The topological polar surface area (TPSA) is 75.1 Å². The van der Waals surface area contributed by atoms with E-state index in [1.54, 1.807) is 19.3 Å². The van der Waals surface area contributed by atoms with Gasteiger partial charge < -0.3 is 10.4 Å². The van der Waals surface area contributed by atoms with Crippen molar-refractivity contribution in [2.45, 2.75) is 32.7 Å². The molecular weight excluding hydrogens is 194 g/mol. The third-order valence-corrected chi connectivity index (χ3v) is 2.07. The molecule has 1 rings (SSSR count). The Hall–Kier alpha value is -1.65. The number of carbonyl (C=O) groups is 1. The minimum atomic E-state index is -0.859. The average Bonchev–Trinajstić information content (AvgIpc) is 2.20. The summed E-state index contributed by atoms with van der Waals surface area (Å²) in [6.45, 7) is 3.74. The zero-order valence-corrected chi connectivity index (χ0v) is 8.90. The number of carboxylic acids is 1. The third-order valence-electron chi connectivity index (χ3n) is 2.07. The molecule has 1 aromatic heterocycles. The van der Waals surface area contributed by atoms with Gasteiger partial charge in [0.05, 0.1) is 5.69 Å². The van der Waals surface area contributed by atoms with Gasteiger partial charge in [-0.15, -0.1) is 0 Å². The summed E-state index contributed by atoms with van der Waals surface area (Å²) in [5.41, 5.74) is 0.708. The third kappa shape index (κ3) is 3.19. The lowest BCUT2D eigenvalue weighted by atomic mass is 10.1. The highest BCUT2D eigenvalue weighted by Crippen LogP contribution is 2.10. The number of rotatable bonds is 5. The van der Waals surface area contributed by atoms with Gasteiger partial charge >= 0.3 is 5.97 Å². The van der Waals surface area contributed by atoms with Gasteiger partial charge in [0, 0.05) is 12.4 Å². The lowest BCUT2D eigenvalue weighted by Crippen LogP contribution is -2.29. The van der Waals surface area contributed by atoms with Crippen molar-refractivity contribution in [2.24, 2.45) is 0 Å². The Bertz CT molecular complexity index is 341. The first-order valence-corrected chi connectivity index (χ1v) is 4.92. The summed E-state index contributed by atoms with van der Waals surface area (Å²) in [4.78, 5) is 19.0. The fourth-order valence-electron chi connectivity index (χ4n) is 1.26. The van der Waals surface area contributed by atoms with Crippen LogP contribution in [0.4, 0.5) is 5.82 Å². The largest absolute Gasteiger partial charge is 0.480 e. The zero-order valence-electron chi connectivity index (χ0n) is 8.90. The van der Waals surface area contributed by atoms with E-state index in [4.69, 9.17) is 5.11 Å². The Labute approximate surface area is 88.6 Å². The normalized spacial score (nSPS) is 12.1. The maximum absolute atomic E-state index is 10.9. The lowest BCUT2D eigenvalue weighted by molar-refractivity contribution is -0.138. The summed E-state index contributed by atoms with van der Waals surface area (Å²) in [6, 6.07) is -0.592. The Kier molecular flexibility index (Phi) is 4.03. The molecule has 1 aromatic rings. The van der Waals surface area contributed by atoms with Crippen LogP contribution in [0.15, 0.2) is 12.4 Å². The first-order chi connectivity index (χ1) is 7.15. The van der Waals surface area contributed by atoms with Crippen LogP contribution in [-0.4, -0.2) is 27.1 Å². The van der Waals surface area contributed by atoms with Crippen molar-refractivity contribution >= 4 is 11.8 Å². The molecule has 5 heteroatoms. The number of anilines is 1. The van der Waals surface area contributed by atoms with Crippen LogP contribution in [0.25, 0.3) is 0 Å². The van der Waals surface area contributed by atoms with Crippen molar-refractivity contribution in [3.05, 3.63) is 18.1 Å². The van der Waals surface area contributed by atoms with Crippen LogP contribution < -0.4 is 5.32 Å². The van der Waals surface area contributed by atoms with Gasteiger partial charge in [-0.05, 0) is 13.3 Å². The lowest BCUT2D eigenvalue weighted by Gasteiger charge is -2.14. The molecule has 15 heavy (non-hydrogen) atoms. The molecule has 0 aromatic carbocycles. The molecule has 0 saturated carbocycles. The van der Waals surface area contributed by atoms with Crippen molar-refractivity contribution in [3.8, 4) is 0 Å². The first-order valence-electron chi connectivity index (χ1n) is 4.92. The minimum absolute atomic E-state index is 0.540. The second-order valence-corrected chi connectivity index (χ2v) is 3.31. The predicted molar refractivity (Wildman–Crippen MR) is 56.7 cm³/mol. The summed E-state index contributed by atoms with van der Waals surface area (Å²) in [5.74, 6) is -0.319. The molecule has 0 spiro atoms. The number of aryl methyl sites for hydroxylation is 1. The molecule has 1 unspecified atom stereocenters. The fraction of sp³-hybridized carbons (Fsp3) is 0.500. The first kappa shape index (κ1) is 11.4. The molecule has 0 radical (unpaired) electrons. The van der Waals surface area contributed by atoms with E-state index in [1.807, 2.05) is 6.92 Å². The standard InChI is InChI=1S/C10H15N3O2/c1-3-4-8(10(14)15)13-9-7(2)11-5-6-12-9/h5-6,8H,3-4H2,1-2H3,(H,12,13)(H,14,15). The quantitative estimate of drug-likeness (QED) is 0.767. The molecule has 0 amide bonds. The molecule has 0 bridgehead atoms. The van der Waals surface area contributed by atoms with Gasteiger partial charge in [0.15, 0.2) is 0 Å². The van der Waals surface area contributed by atoms with Gasteiger partial charge in [-0.25, -0.2) is 9.78 Å². The van der Waals surface area contributed by atoms with E-state index in [9.17, 15) is 4.79 Å². The van der Waals surface area contributed by atoms with Gasteiger partial charge in [0.2, 0.25) is 0 Å². The van der Waals surface area contributed by atoms with Crippen LogP contribution in [0, 0.1) is 6.92 Å². The van der Waals surface area contributed by atoms with Crippen molar-refractivity contribution in [3.63, 3.8) is 0 Å². The Morgan fingerprint density at radius 1 is 1.53 bits per heavy atom. The highest BCUT2D eigenvalue weighted by atomic mass is 16.4. The van der Waals surface area contributed by atoms with Gasteiger partial charge in [-0.1, -0.05) is 13.3 Å². The zero-order chi connectivity index (χ0) is 11.3. The molecular formula is C10H15N3O2. The second-order valence-electron chi connectivity index (χ2n) is 3.31. The van der Waals surface area contributed by atoms with Crippen molar-refractivity contribution in [2.75, 3.05) is 5.32 Å². The van der Waals surface area contributed by atoms with Crippen LogP contribution in [0.2, 0.25) is 0 Å². The van der Waals surface area contributed by atoms with Gasteiger partial charge in [-0.2, -0.15) is 0 Å². The summed E-state index contributed by atoms with van der Waals surface area (Å²) < 4.78 is 0. The van der Waals surface area contributed by atoms with Crippen molar-refractivity contribution in [1.82, 2.24) is 9.97 Å². The maximum atomic E-state index is 10.9. The molecule has 2 N–H and O–H groups in total. The molecule has 1 heterocycles. The number of hydrogen-bond donors (Lipinski definition) is 2. The predicted octanol–water partition coefficient (Wildman–Crippen LogP) is 1.45. The highest BCUT2D eigenvalue weighted by Gasteiger charge is 2.17. The molecule has 82 valence electrons. The van der Waals surface area contributed by atoms with E-state index >= 15 is 0 Å². The van der Waals surface area contributed by atoms with Crippen molar-refractivity contribution < 1.29 is 9.90 Å². The number of hydrogen-bond acceptors (Lipinski definition) is 4. The van der Waals surface area contributed by atoms with Crippen LogP contribution in [0.3, 0.4) is 0 Å². The Morgan fingerprint density at radius 2 is 2.20 bits per heavy atom.